The molecule has 4 nitrogen and oxygen atoms in total. The maximum atomic E-state index is 11.3. The molecule has 0 saturated carbocycles. The van der Waals surface area contributed by atoms with Gasteiger partial charge >= 0.3 is 5.97 Å². The van der Waals surface area contributed by atoms with Crippen LogP contribution in [0.25, 0.3) is 0 Å². The zero-order chi connectivity index (χ0) is 13.2. The third-order valence-electron chi connectivity index (χ3n) is 3.75. The second-order valence-corrected chi connectivity index (χ2v) is 5.15. The topological polar surface area (TPSA) is 72.5 Å². The van der Waals surface area contributed by atoms with Gasteiger partial charge in [0.25, 0.3) is 0 Å². The van der Waals surface area contributed by atoms with Gasteiger partial charge in [-0.2, -0.15) is 0 Å². The monoisotopic (exact) mass is 249 g/mol. The average molecular weight is 249 g/mol. The van der Waals surface area contributed by atoms with Gasteiger partial charge in [-0.25, -0.2) is 0 Å². The highest BCUT2D eigenvalue weighted by Gasteiger charge is 2.36. The Morgan fingerprint density at radius 1 is 1.56 bits per heavy atom. The predicted molar refractivity (Wildman–Crippen MR) is 68.7 cm³/mol. The van der Waals surface area contributed by atoms with Crippen molar-refractivity contribution in [2.75, 3.05) is 13.2 Å². The van der Waals surface area contributed by atoms with E-state index in [-0.39, 0.29) is 12.5 Å². The summed E-state index contributed by atoms with van der Waals surface area (Å²) in [6.45, 7) is 2.51. The van der Waals surface area contributed by atoms with Crippen LogP contribution in [-0.2, 0) is 4.79 Å². The summed E-state index contributed by atoms with van der Waals surface area (Å²) in [4.78, 5) is 11.3. The molecule has 2 unspecified atom stereocenters. The Morgan fingerprint density at radius 3 is 2.94 bits per heavy atom. The van der Waals surface area contributed by atoms with E-state index in [0.29, 0.717) is 13.0 Å². The first kappa shape index (κ1) is 12.9. The molecule has 1 aromatic carbocycles. The number of rotatable bonds is 4. The number of carbonyl (C=O) groups is 1. The average Bonchev–Trinajstić information content (AvgIpc) is 2.39. The predicted octanol–water partition coefficient (Wildman–Crippen LogP) is 1.99. The molecular weight excluding hydrogens is 230 g/mol. The third-order valence-corrected chi connectivity index (χ3v) is 3.75. The first-order valence-electron chi connectivity index (χ1n) is 6.22. The molecule has 4 heteroatoms. The number of benzene rings is 1. The van der Waals surface area contributed by atoms with Crippen LogP contribution >= 0.6 is 0 Å². The lowest BCUT2D eigenvalue weighted by Crippen LogP contribution is -2.37. The van der Waals surface area contributed by atoms with E-state index in [1.54, 1.807) is 6.92 Å². The minimum absolute atomic E-state index is 0.155. The number of aliphatic carboxylic acids is 1. The van der Waals surface area contributed by atoms with Crippen LogP contribution in [0.1, 0.15) is 31.2 Å². The summed E-state index contributed by atoms with van der Waals surface area (Å²) in [6.07, 6.45) is 1.40. The highest BCUT2D eigenvalue weighted by molar-refractivity contribution is 5.74. The van der Waals surface area contributed by atoms with Gasteiger partial charge in [-0.1, -0.05) is 18.2 Å². The van der Waals surface area contributed by atoms with Crippen molar-refractivity contribution in [1.29, 1.82) is 0 Å². The van der Waals surface area contributed by atoms with Gasteiger partial charge in [-0.15, -0.1) is 0 Å². The summed E-state index contributed by atoms with van der Waals surface area (Å²) in [5.74, 6) is 0.257. The molecule has 0 aliphatic carbocycles. The summed E-state index contributed by atoms with van der Waals surface area (Å²) in [7, 11) is 0. The van der Waals surface area contributed by atoms with Crippen LogP contribution in [0.4, 0.5) is 0 Å². The highest BCUT2D eigenvalue weighted by Crippen LogP contribution is 2.40. The highest BCUT2D eigenvalue weighted by atomic mass is 16.5. The van der Waals surface area contributed by atoms with Crippen molar-refractivity contribution >= 4 is 5.97 Å². The summed E-state index contributed by atoms with van der Waals surface area (Å²) in [5.41, 5.74) is 5.87. The lowest BCUT2D eigenvalue weighted by molar-refractivity contribution is -0.148. The van der Waals surface area contributed by atoms with Crippen molar-refractivity contribution in [1.82, 2.24) is 0 Å². The SMILES string of the molecule is CC(CN)(CC1CCOc2ccccc21)C(=O)O. The number of carboxylic acids is 1. The fourth-order valence-corrected chi connectivity index (χ4v) is 2.43. The number of fused-ring (bicyclic) bond motifs is 1. The molecule has 1 aliphatic rings. The lowest BCUT2D eigenvalue weighted by Gasteiger charge is -2.32. The van der Waals surface area contributed by atoms with E-state index in [2.05, 4.69) is 0 Å². The van der Waals surface area contributed by atoms with Crippen LogP contribution in [-0.4, -0.2) is 24.2 Å². The van der Waals surface area contributed by atoms with Crippen LogP contribution in [0.2, 0.25) is 0 Å². The summed E-state index contributed by atoms with van der Waals surface area (Å²) < 4.78 is 5.58. The molecule has 98 valence electrons. The Balaban J connectivity index is 2.23. The number of carboxylic acid groups (broad SMARTS) is 1. The number of ether oxygens (including phenoxy) is 1. The fourth-order valence-electron chi connectivity index (χ4n) is 2.43. The van der Waals surface area contributed by atoms with Crippen LogP contribution < -0.4 is 10.5 Å². The zero-order valence-electron chi connectivity index (χ0n) is 10.6. The summed E-state index contributed by atoms with van der Waals surface area (Å²) in [5, 5.41) is 9.30. The van der Waals surface area contributed by atoms with E-state index in [9.17, 15) is 9.90 Å². The molecule has 1 aromatic rings. The van der Waals surface area contributed by atoms with Gasteiger partial charge in [0, 0.05) is 6.54 Å². The quantitative estimate of drug-likeness (QED) is 0.856. The van der Waals surface area contributed by atoms with E-state index in [1.165, 1.54) is 0 Å². The number of hydrogen-bond donors (Lipinski definition) is 2. The van der Waals surface area contributed by atoms with Crippen LogP contribution in [0.5, 0.6) is 5.75 Å². The minimum atomic E-state index is -0.866. The van der Waals surface area contributed by atoms with Gasteiger partial charge in [0.2, 0.25) is 0 Å². The van der Waals surface area contributed by atoms with E-state index in [0.717, 1.165) is 17.7 Å². The van der Waals surface area contributed by atoms with E-state index >= 15 is 0 Å². The van der Waals surface area contributed by atoms with E-state index in [1.807, 2.05) is 24.3 Å². The maximum absolute atomic E-state index is 11.3. The van der Waals surface area contributed by atoms with Gasteiger partial charge in [0.15, 0.2) is 0 Å². The Hall–Kier alpha value is -1.55. The maximum Gasteiger partial charge on any atom is 0.310 e. The molecule has 0 bridgehead atoms. The zero-order valence-corrected chi connectivity index (χ0v) is 10.6. The molecule has 0 amide bonds. The number of hydrogen-bond acceptors (Lipinski definition) is 3. The van der Waals surface area contributed by atoms with Gasteiger partial charge in [-0.05, 0) is 37.3 Å². The van der Waals surface area contributed by atoms with Crippen LogP contribution in [0.3, 0.4) is 0 Å². The van der Waals surface area contributed by atoms with Crippen molar-refractivity contribution in [2.24, 2.45) is 11.1 Å². The molecule has 0 spiro atoms. The van der Waals surface area contributed by atoms with E-state index < -0.39 is 11.4 Å². The van der Waals surface area contributed by atoms with Crippen LogP contribution in [0, 0.1) is 5.41 Å². The molecule has 0 radical (unpaired) electrons. The second kappa shape index (κ2) is 4.98. The largest absolute Gasteiger partial charge is 0.493 e. The Kier molecular flexibility index (Phi) is 3.57. The molecular formula is C14H19NO3. The molecule has 2 atom stereocenters. The number of para-hydroxylation sites is 1. The summed E-state index contributed by atoms with van der Waals surface area (Å²) in [6, 6.07) is 7.83. The van der Waals surface area contributed by atoms with Gasteiger partial charge in [0.05, 0.1) is 12.0 Å². The van der Waals surface area contributed by atoms with Gasteiger partial charge < -0.3 is 15.6 Å². The first-order valence-corrected chi connectivity index (χ1v) is 6.22. The Labute approximate surface area is 107 Å². The van der Waals surface area contributed by atoms with Gasteiger partial charge in [0.1, 0.15) is 5.75 Å². The van der Waals surface area contributed by atoms with Crippen molar-refractivity contribution < 1.29 is 14.6 Å². The molecule has 0 saturated heterocycles. The van der Waals surface area contributed by atoms with Crippen LogP contribution in [0.15, 0.2) is 24.3 Å². The number of nitrogens with two attached hydrogens (primary N) is 1. The normalized spacial score (nSPS) is 21.6. The Bertz CT molecular complexity index is 446. The molecule has 0 aromatic heterocycles. The molecule has 2 rings (SSSR count). The Morgan fingerprint density at radius 2 is 2.28 bits per heavy atom. The molecule has 18 heavy (non-hydrogen) atoms. The van der Waals surface area contributed by atoms with Crippen molar-refractivity contribution in [3.8, 4) is 5.75 Å². The summed E-state index contributed by atoms with van der Waals surface area (Å²) >= 11 is 0. The minimum Gasteiger partial charge on any atom is -0.493 e. The van der Waals surface area contributed by atoms with Gasteiger partial charge in [-0.3, -0.25) is 4.79 Å². The smallest absolute Gasteiger partial charge is 0.310 e. The van der Waals surface area contributed by atoms with Crippen molar-refractivity contribution in [3.63, 3.8) is 0 Å². The standard InChI is InChI=1S/C14H19NO3/c1-14(9-15,13(16)17)8-10-6-7-18-12-5-3-2-4-11(10)12/h2-5,10H,6-9,15H2,1H3,(H,16,17). The molecule has 1 aliphatic heterocycles. The molecule has 1 heterocycles. The molecule has 3 N–H and O–H groups in total. The third kappa shape index (κ3) is 2.34. The molecule has 0 fully saturated rings. The first-order chi connectivity index (χ1) is 8.57. The lowest BCUT2D eigenvalue weighted by atomic mass is 9.76. The van der Waals surface area contributed by atoms with Crippen molar-refractivity contribution in [3.05, 3.63) is 29.8 Å². The van der Waals surface area contributed by atoms with E-state index in [4.69, 9.17) is 10.5 Å². The second-order valence-electron chi connectivity index (χ2n) is 5.15. The van der Waals surface area contributed by atoms with Crippen molar-refractivity contribution in [2.45, 2.75) is 25.7 Å². The fraction of sp³-hybridized carbons (Fsp3) is 0.500.